The Labute approximate surface area is 114 Å². The van der Waals surface area contributed by atoms with Crippen molar-refractivity contribution in [3.8, 4) is 17.1 Å². The second-order valence-electron chi connectivity index (χ2n) is 3.66. The highest BCUT2D eigenvalue weighted by Crippen LogP contribution is 2.30. The number of hydrogen-bond acceptors (Lipinski definition) is 4. The van der Waals surface area contributed by atoms with E-state index in [1.807, 2.05) is 0 Å². The Morgan fingerprint density at radius 2 is 2.11 bits per heavy atom. The molecule has 2 rings (SSSR count). The van der Waals surface area contributed by atoms with Gasteiger partial charge in [-0.3, -0.25) is 0 Å². The fraction of sp³-hybridized carbons (Fsp3) is 0.182. The van der Waals surface area contributed by atoms with Gasteiger partial charge in [0.2, 0.25) is 10.0 Å². The topological polar surface area (TPSA) is 61.2 Å². The quantitative estimate of drug-likeness (QED) is 0.864. The summed E-state index contributed by atoms with van der Waals surface area (Å²) in [5.74, 6) is 1.05. The third-order valence-corrected chi connectivity index (χ3v) is 4.00. The van der Waals surface area contributed by atoms with Gasteiger partial charge in [-0.2, -0.15) is 0 Å². The molecular weight excluding hydrogens is 320 g/mol. The van der Waals surface area contributed by atoms with E-state index in [4.69, 9.17) is 4.74 Å². The Kier molecular flexibility index (Phi) is 3.45. The Bertz CT molecular complexity index is 679. The van der Waals surface area contributed by atoms with Crippen molar-refractivity contribution in [2.75, 3.05) is 13.4 Å². The van der Waals surface area contributed by atoms with Gasteiger partial charge in [-0.1, -0.05) is 0 Å². The number of halogens is 1. The van der Waals surface area contributed by atoms with Gasteiger partial charge in [0.05, 0.1) is 17.8 Å². The van der Waals surface area contributed by atoms with Crippen molar-refractivity contribution in [3.05, 3.63) is 35.1 Å². The predicted octanol–water partition coefficient (Wildman–Crippen LogP) is 2.13. The normalized spacial score (nSPS) is 11.5. The molecule has 0 fully saturated rings. The molecule has 0 aliphatic carbocycles. The van der Waals surface area contributed by atoms with Crippen molar-refractivity contribution in [2.24, 2.45) is 0 Å². The molecule has 7 heteroatoms. The zero-order valence-corrected chi connectivity index (χ0v) is 12.2. The molecule has 1 heterocycles. The maximum Gasteiger partial charge on any atom is 0.237 e. The van der Waals surface area contributed by atoms with Crippen molar-refractivity contribution in [2.45, 2.75) is 0 Å². The van der Waals surface area contributed by atoms with Crippen LogP contribution in [-0.2, 0) is 10.0 Å². The summed E-state index contributed by atoms with van der Waals surface area (Å²) in [6, 6.07) is 5.27. The summed E-state index contributed by atoms with van der Waals surface area (Å²) < 4.78 is 30.2. The Morgan fingerprint density at radius 3 is 2.67 bits per heavy atom. The van der Waals surface area contributed by atoms with E-state index < -0.39 is 10.0 Å². The lowest BCUT2D eigenvalue weighted by Crippen LogP contribution is -2.10. The largest absolute Gasteiger partial charge is 0.496 e. The summed E-state index contributed by atoms with van der Waals surface area (Å²) in [5.41, 5.74) is 0.693. The maximum absolute atomic E-state index is 11.6. The number of hydrogen-bond donors (Lipinski definition) is 0. The lowest BCUT2D eigenvalue weighted by Gasteiger charge is -2.08. The fourth-order valence-electron chi connectivity index (χ4n) is 1.57. The van der Waals surface area contributed by atoms with Gasteiger partial charge in [-0.15, -0.1) is 0 Å². The molecule has 0 spiro atoms. The Hall–Kier alpha value is -1.34. The minimum atomic E-state index is -3.36. The molecule has 18 heavy (non-hydrogen) atoms. The van der Waals surface area contributed by atoms with Crippen LogP contribution < -0.4 is 4.74 Å². The van der Waals surface area contributed by atoms with Crippen LogP contribution in [0.2, 0.25) is 0 Å². The summed E-state index contributed by atoms with van der Waals surface area (Å²) >= 11 is 3.36. The first-order valence-electron chi connectivity index (χ1n) is 5.01. The van der Waals surface area contributed by atoms with Gasteiger partial charge < -0.3 is 4.74 Å². The standard InChI is InChI=1S/C11H11BrN2O3S/c1-17-10-4-3-8(7-9(10)12)11-13-5-6-14(11)18(2,15)16/h3-7H,1-2H3. The van der Waals surface area contributed by atoms with E-state index in [1.165, 1.54) is 12.4 Å². The predicted molar refractivity (Wildman–Crippen MR) is 72.2 cm³/mol. The van der Waals surface area contributed by atoms with Crippen LogP contribution in [0.1, 0.15) is 0 Å². The smallest absolute Gasteiger partial charge is 0.237 e. The number of nitrogens with zero attached hydrogens (tertiary/aromatic N) is 2. The van der Waals surface area contributed by atoms with Gasteiger partial charge in [0.1, 0.15) is 5.75 Å². The minimum absolute atomic E-state index is 0.376. The lowest BCUT2D eigenvalue weighted by atomic mass is 10.2. The van der Waals surface area contributed by atoms with E-state index >= 15 is 0 Å². The van der Waals surface area contributed by atoms with E-state index in [-0.39, 0.29) is 0 Å². The molecule has 1 aromatic heterocycles. The van der Waals surface area contributed by atoms with Crippen molar-refractivity contribution in [1.29, 1.82) is 0 Å². The molecule has 2 aromatic rings. The average molecular weight is 331 g/mol. The maximum atomic E-state index is 11.6. The van der Waals surface area contributed by atoms with Gasteiger partial charge in [0, 0.05) is 18.0 Å². The molecule has 1 aromatic carbocycles. The second kappa shape index (κ2) is 4.74. The van der Waals surface area contributed by atoms with E-state index in [0.717, 1.165) is 14.7 Å². The molecule has 0 amide bonds. The highest BCUT2D eigenvalue weighted by atomic mass is 79.9. The van der Waals surface area contributed by atoms with Crippen molar-refractivity contribution >= 4 is 26.0 Å². The van der Waals surface area contributed by atoms with Gasteiger partial charge in [-0.25, -0.2) is 17.4 Å². The average Bonchev–Trinajstić information content (AvgIpc) is 2.77. The minimum Gasteiger partial charge on any atom is -0.496 e. The SMILES string of the molecule is COc1ccc(-c2nccn2S(C)(=O)=O)cc1Br. The van der Waals surface area contributed by atoms with Crippen molar-refractivity contribution in [1.82, 2.24) is 8.96 Å². The van der Waals surface area contributed by atoms with E-state index in [1.54, 1.807) is 25.3 Å². The van der Waals surface area contributed by atoms with Crippen LogP contribution in [0.25, 0.3) is 11.4 Å². The molecule has 96 valence electrons. The molecule has 0 bridgehead atoms. The van der Waals surface area contributed by atoms with Crippen molar-refractivity contribution in [3.63, 3.8) is 0 Å². The lowest BCUT2D eigenvalue weighted by molar-refractivity contribution is 0.412. The van der Waals surface area contributed by atoms with Crippen LogP contribution in [0.5, 0.6) is 5.75 Å². The van der Waals surface area contributed by atoms with Crippen LogP contribution >= 0.6 is 15.9 Å². The first kappa shape index (κ1) is 13.1. The molecular formula is C11H11BrN2O3S. The van der Waals surface area contributed by atoms with Gasteiger partial charge in [-0.05, 0) is 34.1 Å². The van der Waals surface area contributed by atoms with Crippen molar-refractivity contribution < 1.29 is 13.2 Å². The number of rotatable bonds is 3. The van der Waals surface area contributed by atoms with Crippen LogP contribution in [0.4, 0.5) is 0 Å². The number of aromatic nitrogens is 2. The number of ether oxygens (including phenoxy) is 1. The Morgan fingerprint density at radius 1 is 1.39 bits per heavy atom. The zero-order valence-electron chi connectivity index (χ0n) is 9.79. The second-order valence-corrected chi connectivity index (χ2v) is 6.37. The number of imidazole rings is 1. The third kappa shape index (κ3) is 2.41. The van der Waals surface area contributed by atoms with Crippen LogP contribution in [0, 0.1) is 0 Å². The molecule has 0 aliphatic heterocycles. The van der Waals surface area contributed by atoms with Crippen LogP contribution in [-0.4, -0.2) is 30.7 Å². The number of benzene rings is 1. The van der Waals surface area contributed by atoms with E-state index in [0.29, 0.717) is 17.1 Å². The van der Waals surface area contributed by atoms with E-state index in [9.17, 15) is 8.42 Å². The molecule has 0 N–H and O–H groups in total. The molecule has 5 nitrogen and oxygen atoms in total. The number of methoxy groups -OCH3 is 1. The molecule has 0 aliphatic rings. The molecule has 0 radical (unpaired) electrons. The summed E-state index contributed by atoms with van der Waals surface area (Å²) in [5, 5.41) is 0. The fourth-order valence-corrected chi connectivity index (χ4v) is 2.85. The molecule has 0 saturated carbocycles. The van der Waals surface area contributed by atoms with Crippen LogP contribution in [0.3, 0.4) is 0 Å². The molecule has 0 atom stereocenters. The van der Waals surface area contributed by atoms with E-state index in [2.05, 4.69) is 20.9 Å². The first-order valence-corrected chi connectivity index (χ1v) is 7.65. The highest BCUT2D eigenvalue weighted by Gasteiger charge is 2.14. The highest BCUT2D eigenvalue weighted by molar-refractivity contribution is 9.10. The summed E-state index contributed by atoms with van der Waals surface area (Å²) in [6.45, 7) is 0. The molecule has 0 saturated heterocycles. The van der Waals surface area contributed by atoms with Gasteiger partial charge >= 0.3 is 0 Å². The van der Waals surface area contributed by atoms with Gasteiger partial charge in [0.25, 0.3) is 0 Å². The van der Waals surface area contributed by atoms with Gasteiger partial charge in [0.15, 0.2) is 5.82 Å². The van der Waals surface area contributed by atoms with Crippen LogP contribution in [0.15, 0.2) is 35.1 Å². The first-order chi connectivity index (χ1) is 8.43. The molecule has 0 unspecified atom stereocenters. The summed E-state index contributed by atoms with van der Waals surface area (Å²) in [6.07, 6.45) is 4.01. The zero-order chi connectivity index (χ0) is 13.3. The monoisotopic (exact) mass is 330 g/mol. The summed E-state index contributed by atoms with van der Waals surface area (Å²) in [4.78, 5) is 4.07. The Balaban J connectivity index is 2.57. The summed E-state index contributed by atoms with van der Waals surface area (Å²) in [7, 11) is -1.79. The third-order valence-electron chi connectivity index (χ3n) is 2.37.